The van der Waals surface area contributed by atoms with Crippen molar-refractivity contribution in [2.75, 3.05) is 0 Å². The number of hydrogen-bond acceptors (Lipinski definition) is 7. The van der Waals surface area contributed by atoms with Gasteiger partial charge in [-0.2, -0.15) is 0 Å². The minimum Gasteiger partial charge on any atom is -0.508 e. The van der Waals surface area contributed by atoms with E-state index in [1.165, 1.54) is 39.7 Å². The molecule has 0 aliphatic heterocycles. The van der Waals surface area contributed by atoms with E-state index in [0.717, 1.165) is 33.4 Å². The summed E-state index contributed by atoms with van der Waals surface area (Å²) < 4.78 is 5.96. The molecule has 3 N–H and O–H groups in total. The lowest BCUT2D eigenvalue weighted by Gasteiger charge is -2.14. The molecule has 0 saturated carbocycles. The third kappa shape index (κ3) is 5.42. The van der Waals surface area contributed by atoms with E-state index in [9.17, 15) is 15.3 Å². The third-order valence-electron chi connectivity index (χ3n) is 10.2. The molecule has 0 aliphatic rings. The topological polar surface area (TPSA) is 113 Å². The maximum atomic E-state index is 11.0. The molecule has 7 nitrogen and oxygen atoms in total. The van der Waals surface area contributed by atoms with Crippen LogP contribution in [0, 0.1) is 0 Å². The third-order valence-corrected chi connectivity index (χ3v) is 10.2. The van der Waals surface area contributed by atoms with Crippen LogP contribution in [0.2, 0.25) is 0 Å². The molecule has 8 aromatic carbocycles. The molecule has 2 heterocycles. The summed E-state index contributed by atoms with van der Waals surface area (Å²) in [6.07, 6.45) is 0. The lowest BCUT2D eigenvalue weighted by Crippen LogP contribution is -2.11. The first-order valence-corrected chi connectivity index (χ1v) is 17.7. The first-order chi connectivity index (χ1) is 26.9. The van der Waals surface area contributed by atoms with Gasteiger partial charge in [-0.25, -0.2) is 15.0 Å². The highest BCUT2D eigenvalue weighted by molar-refractivity contribution is 6.39. The van der Waals surface area contributed by atoms with Gasteiger partial charge >= 0.3 is 0 Å². The quantitative estimate of drug-likeness (QED) is 0.120. The number of furan rings is 1. The summed E-state index contributed by atoms with van der Waals surface area (Å²) in [5, 5.41) is 37.6. The van der Waals surface area contributed by atoms with Gasteiger partial charge in [-0.1, -0.05) is 133 Å². The molecule has 258 valence electrons. The standard InChI is InChI=1S/C47H28BN3O4/c48-38-25-40(54)44-41(37-23-32(52)24-39(53)43(37)55-44)42(38)47-50-45(49-46(51-47)35-13-7-6-11-33(35)27-8-2-1-3-9-27)30-19-14-26(15-20-30)31-21-18-29-17-16-28-10-4-5-12-34(28)36(29)22-31/h1-25,52-54H. The number of rotatable bonds is 5. The van der Waals surface area contributed by atoms with Crippen LogP contribution in [-0.2, 0) is 0 Å². The fourth-order valence-electron chi connectivity index (χ4n) is 7.54. The highest BCUT2D eigenvalue weighted by atomic mass is 16.4. The smallest absolute Gasteiger partial charge is 0.177 e. The van der Waals surface area contributed by atoms with Crippen LogP contribution >= 0.6 is 0 Å². The van der Waals surface area contributed by atoms with Crippen molar-refractivity contribution in [2.45, 2.75) is 0 Å². The second-order valence-electron chi connectivity index (χ2n) is 13.5. The van der Waals surface area contributed by atoms with E-state index in [2.05, 4.69) is 66.7 Å². The lowest BCUT2D eigenvalue weighted by molar-refractivity contribution is 0.445. The molecule has 0 aliphatic carbocycles. The van der Waals surface area contributed by atoms with Gasteiger partial charge in [-0.05, 0) is 62.0 Å². The Bertz CT molecular complexity index is 3140. The fraction of sp³-hybridized carbons (Fsp3) is 0. The molecule has 0 saturated heterocycles. The molecule has 8 heteroatoms. The summed E-state index contributed by atoms with van der Waals surface area (Å²) >= 11 is 0. The number of phenolic OH excluding ortho intramolecular Hbond substituents is 3. The largest absolute Gasteiger partial charge is 0.508 e. The Kier molecular flexibility index (Phi) is 7.38. The van der Waals surface area contributed by atoms with E-state index >= 15 is 0 Å². The molecular weight excluding hydrogens is 681 g/mol. The molecule has 0 atom stereocenters. The Balaban J connectivity index is 1.18. The van der Waals surface area contributed by atoms with Crippen LogP contribution in [0.4, 0.5) is 0 Å². The number of benzene rings is 8. The van der Waals surface area contributed by atoms with Gasteiger partial charge < -0.3 is 19.7 Å². The summed E-state index contributed by atoms with van der Waals surface area (Å²) in [5.41, 5.74) is 6.26. The van der Waals surface area contributed by atoms with E-state index < -0.39 is 0 Å². The van der Waals surface area contributed by atoms with Crippen LogP contribution in [-0.4, -0.2) is 38.1 Å². The summed E-state index contributed by atoms with van der Waals surface area (Å²) in [7, 11) is 6.68. The molecule has 10 aromatic rings. The van der Waals surface area contributed by atoms with Crippen molar-refractivity contribution in [3.05, 3.63) is 152 Å². The average molecular weight is 710 g/mol. The van der Waals surface area contributed by atoms with Gasteiger partial charge in [-0.3, -0.25) is 0 Å². The van der Waals surface area contributed by atoms with Gasteiger partial charge in [0.05, 0.1) is 0 Å². The predicted octanol–water partition coefficient (Wildman–Crippen LogP) is 10.3. The van der Waals surface area contributed by atoms with Gasteiger partial charge in [0.25, 0.3) is 0 Å². The number of hydrogen-bond donors (Lipinski definition) is 3. The molecule has 0 fully saturated rings. The zero-order valence-electron chi connectivity index (χ0n) is 29.1. The second kappa shape index (κ2) is 12.6. The lowest BCUT2D eigenvalue weighted by atomic mass is 9.86. The molecule has 0 spiro atoms. The van der Waals surface area contributed by atoms with E-state index in [1.54, 1.807) is 0 Å². The Morgan fingerprint density at radius 3 is 1.87 bits per heavy atom. The molecule has 0 unspecified atom stereocenters. The molecule has 55 heavy (non-hydrogen) atoms. The van der Waals surface area contributed by atoms with E-state index in [4.69, 9.17) is 27.2 Å². The molecular formula is C47H28BN3O4. The van der Waals surface area contributed by atoms with Crippen molar-refractivity contribution >= 4 is 56.8 Å². The Morgan fingerprint density at radius 1 is 0.436 bits per heavy atom. The number of phenols is 3. The van der Waals surface area contributed by atoms with Gasteiger partial charge in [0.15, 0.2) is 40.1 Å². The Hall–Kier alpha value is -7.45. The highest BCUT2D eigenvalue weighted by Crippen LogP contribution is 2.44. The predicted molar refractivity (Wildman–Crippen MR) is 220 cm³/mol. The van der Waals surface area contributed by atoms with Crippen LogP contribution in [0.25, 0.3) is 99.9 Å². The van der Waals surface area contributed by atoms with Crippen molar-refractivity contribution in [3.63, 3.8) is 0 Å². The van der Waals surface area contributed by atoms with Crippen molar-refractivity contribution in [2.24, 2.45) is 0 Å². The molecule has 0 bridgehead atoms. The van der Waals surface area contributed by atoms with Crippen LogP contribution in [0.3, 0.4) is 0 Å². The minimum atomic E-state index is -0.288. The van der Waals surface area contributed by atoms with Gasteiger partial charge in [0.1, 0.15) is 13.6 Å². The monoisotopic (exact) mass is 709 g/mol. The number of nitrogens with zero attached hydrogens (tertiary/aromatic N) is 3. The van der Waals surface area contributed by atoms with Crippen molar-refractivity contribution < 1.29 is 19.7 Å². The van der Waals surface area contributed by atoms with Crippen LogP contribution in [0.5, 0.6) is 17.2 Å². The maximum absolute atomic E-state index is 11.0. The van der Waals surface area contributed by atoms with Crippen LogP contribution in [0.1, 0.15) is 0 Å². The summed E-state index contributed by atoms with van der Waals surface area (Å²) in [4.78, 5) is 15.1. The number of fused-ring (bicyclic) bond motifs is 6. The van der Waals surface area contributed by atoms with E-state index in [0.29, 0.717) is 28.0 Å². The first-order valence-electron chi connectivity index (χ1n) is 17.7. The van der Waals surface area contributed by atoms with E-state index in [-0.39, 0.29) is 39.7 Å². The SMILES string of the molecule is [B]c1cc(O)c2oc3c(O)cc(O)cc3c2c1-c1nc(-c2ccc(-c3ccc4ccc5ccccc5c4c3)cc2)nc(-c2ccccc2-c2ccccc2)n1. The Morgan fingerprint density at radius 2 is 1.05 bits per heavy atom. The van der Waals surface area contributed by atoms with E-state index in [1.807, 2.05) is 66.7 Å². The Labute approximate surface area is 315 Å². The summed E-state index contributed by atoms with van der Waals surface area (Å²) in [5.74, 6) is 0.328. The zero-order chi connectivity index (χ0) is 37.2. The molecule has 10 rings (SSSR count). The van der Waals surface area contributed by atoms with Gasteiger partial charge in [-0.15, -0.1) is 0 Å². The van der Waals surface area contributed by atoms with Gasteiger partial charge in [0.2, 0.25) is 0 Å². The normalized spacial score (nSPS) is 11.6. The highest BCUT2D eigenvalue weighted by Gasteiger charge is 2.24. The van der Waals surface area contributed by atoms with Crippen LogP contribution < -0.4 is 5.46 Å². The van der Waals surface area contributed by atoms with Crippen LogP contribution in [0.15, 0.2) is 156 Å². The van der Waals surface area contributed by atoms with Crippen molar-refractivity contribution in [1.29, 1.82) is 0 Å². The molecule has 2 radical (unpaired) electrons. The summed E-state index contributed by atoms with van der Waals surface area (Å²) in [6.45, 7) is 0. The van der Waals surface area contributed by atoms with Gasteiger partial charge in [0, 0.05) is 33.5 Å². The minimum absolute atomic E-state index is 0.0702. The first kappa shape index (κ1) is 32.2. The average Bonchev–Trinajstić information content (AvgIpc) is 3.61. The second-order valence-corrected chi connectivity index (χ2v) is 13.5. The molecule has 0 amide bonds. The fourth-order valence-corrected chi connectivity index (χ4v) is 7.54. The molecule has 2 aromatic heterocycles. The van der Waals surface area contributed by atoms with Crippen molar-refractivity contribution in [3.8, 4) is 73.7 Å². The zero-order valence-corrected chi connectivity index (χ0v) is 29.1. The number of aromatic nitrogens is 3. The summed E-state index contributed by atoms with van der Waals surface area (Å²) in [6, 6.07) is 49.3. The number of aromatic hydroxyl groups is 3. The maximum Gasteiger partial charge on any atom is 0.177 e. The van der Waals surface area contributed by atoms with Crippen molar-refractivity contribution in [1.82, 2.24) is 15.0 Å².